The van der Waals surface area contributed by atoms with E-state index in [9.17, 15) is 13.2 Å². The SMILES string of the molecule is CCC(C)Oc1ccc(Nc2ncc(C(F)(F)F)c(Nc3ccc(I)cc3)n2)cc1. The van der Waals surface area contributed by atoms with Crippen molar-refractivity contribution in [1.82, 2.24) is 9.97 Å². The maximum absolute atomic E-state index is 13.4. The third-order valence-electron chi connectivity index (χ3n) is 4.22. The summed E-state index contributed by atoms with van der Waals surface area (Å²) in [7, 11) is 0. The average molecular weight is 528 g/mol. The molecule has 30 heavy (non-hydrogen) atoms. The molecule has 0 saturated heterocycles. The smallest absolute Gasteiger partial charge is 0.421 e. The van der Waals surface area contributed by atoms with Gasteiger partial charge in [-0.3, -0.25) is 0 Å². The number of nitrogens with zero attached hydrogens (tertiary/aromatic N) is 2. The molecule has 5 nitrogen and oxygen atoms in total. The highest BCUT2D eigenvalue weighted by Gasteiger charge is 2.35. The maximum Gasteiger partial charge on any atom is 0.421 e. The summed E-state index contributed by atoms with van der Waals surface area (Å²) in [6.45, 7) is 4.01. The molecule has 2 aromatic carbocycles. The Balaban J connectivity index is 1.82. The van der Waals surface area contributed by atoms with Gasteiger partial charge >= 0.3 is 6.18 Å². The zero-order valence-corrected chi connectivity index (χ0v) is 18.5. The second-order valence-corrected chi connectivity index (χ2v) is 7.82. The first-order chi connectivity index (χ1) is 14.2. The number of benzene rings is 2. The summed E-state index contributed by atoms with van der Waals surface area (Å²) in [6.07, 6.45) is -2.84. The molecule has 158 valence electrons. The minimum Gasteiger partial charge on any atom is -0.491 e. The molecule has 0 fully saturated rings. The van der Waals surface area contributed by atoms with Gasteiger partial charge < -0.3 is 15.4 Å². The van der Waals surface area contributed by atoms with Crippen LogP contribution in [-0.2, 0) is 6.18 Å². The van der Waals surface area contributed by atoms with Gasteiger partial charge in [0.1, 0.15) is 17.1 Å². The summed E-state index contributed by atoms with van der Waals surface area (Å²) in [6, 6.07) is 14.0. The highest BCUT2D eigenvalue weighted by molar-refractivity contribution is 14.1. The Morgan fingerprint density at radius 2 is 1.60 bits per heavy atom. The fourth-order valence-corrected chi connectivity index (χ4v) is 2.84. The molecule has 1 heterocycles. The highest BCUT2D eigenvalue weighted by Crippen LogP contribution is 2.35. The van der Waals surface area contributed by atoms with Gasteiger partial charge in [-0.25, -0.2) is 4.98 Å². The van der Waals surface area contributed by atoms with E-state index in [0.717, 1.165) is 16.2 Å². The van der Waals surface area contributed by atoms with Gasteiger partial charge in [0, 0.05) is 21.1 Å². The summed E-state index contributed by atoms with van der Waals surface area (Å²) in [5.74, 6) is 0.439. The van der Waals surface area contributed by atoms with E-state index in [2.05, 4.69) is 43.2 Å². The van der Waals surface area contributed by atoms with E-state index in [1.54, 1.807) is 48.5 Å². The molecule has 3 rings (SSSR count). The number of rotatable bonds is 7. The van der Waals surface area contributed by atoms with E-state index >= 15 is 0 Å². The quantitative estimate of drug-likeness (QED) is 0.332. The molecule has 0 aliphatic heterocycles. The molecular weight excluding hydrogens is 508 g/mol. The molecule has 0 radical (unpaired) electrons. The number of anilines is 4. The van der Waals surface area contributed by atoms with Crippen molar-refractivity contribution in [3.63, 3.8) is 0 Å². The number of ether oxygens (including phenoxy) is 1. The molecule has 1 aromatic heterocycles. The van der Waals surface area contributed by atoms with Crippen LogP contribution in [0.1, 0.15) is 25.8 Å². The van der Waals surface area contributed by atoms with E-state index in [-0.39, 0.29) is 17.9 Å². The minimum atomic E-state index is -4.58. The fourth-order valence-electron chi connectivity index (χ4n) is 2.48. The molecular formula is C21H20F3IN4O. The van der Waals surface area contributed by atoms with Gasteiger partial charge in [0.25, 0.3) is 0 Å². The number of aromatic nitrogens is 2. The molecule has 0 saturated carbocycles. The van der Waals surface area contributed by atoms with Gasteiger partial charge in [-0.2, -0.15) is 18.2 Å². The zero-order valence-electron chi connectivity index (χ0n) is 16.3. The van der Waals surface area contributed by atoms with E-state index in [0.29, 0.717) is 17.1 Å². The minimum absolute atomic E-state index is 0.0478. The lowest BCUT2D eigenvalue weighted by molar-refractivity contribution is -0.137. The second kappa shape index (κ2) is 9.50. The monoisotopic (exact) mass is 528 g/mol. The van der Waals surface area contributed by atoms with Gasteiger partial charge in [-0.05, 0) is 84.5 Å². The predicted octanol–water partition coefficient (Wildman–Crippen LogP) is 6.76. The third kappa shape index (κ3) is 5.97. The average Bonchev–Trinajstić information content (AvgIpc) is 2.70. The van der Waals surface area contributed by atoms with Crippen LogP contribution in [0.4, 0.5) is 36.3 Å². The standard InChI is InChI=1S/C21H20F3IN4O/c1-3-13(2)30-17-10-8-16(9-11-17)28-20-26-12-18(21(22,23)24)19(29-20)27-15-6-4-14(25)5-7-15/h4-13H,3H2,1-2H3,(H2,26,27,28,29). The van der Waals surface area contributed by atoms with Crippen LogP contribution in [-0.4, -0.2) is 16.1 Å². The first-order valence-corrected chi connectivity index (χ1v) is 10.3. The Bertz CT molecular complexity index is 979. The van der Waals surface area contributed by atoms with Gasteiger partial charge in [0.2, 0.25) is 5.95 Å². The van der Waals surface area contributed by atoms with Crippen LogP contribution in [0, 0.1) is 3.57 Å². The third-order valence-corrected chi connectivity index (χ3v) is 4.94. The van der Waals surface area contributed by atoms with Crippen LogP contribution in [0.3, 0.4) is 0 Å². The van der Waals surface area contributed by atoms with Crippen LogP contribution in [0.25, 0.3) is 0 Å². The summed E-state index contributed by atoms with van der Waals surface area (Å²) in [5, 5.41) is 5.66. The zero-order chi connectivity index (χ0) is 21.7. The van der Waals surface area contributed by atoms with Crippen molar-refractivity contribution in [2.24, 2.45) is 0 Å². The molecule has 0 amide bonds. The number of nitrogens with one attached hydrogen (secondary N) is 2. The molecule has 1 atom stereocenters. The Morgan fingerprint density at radius 3 is 2.20 bits per heavy atom. The molecule has 1 unspecified atom stereocenters. The van der Waals surface area contributed by atoms with E-state index in [4.69, 9.17) is 4.74 Å². The van der Waals surface area contributed by atoms with Crippen molar-refractivity contribution < 1.29 is 17.9 Å². The Labute approximate surface area is 186 Å². The number of hydrogen-bond acceptors (Lipinski definition) is 5. The Morgan fingerprint density at radius 1 is 1.00 bits per heavy atom. The van der Waals surface area contributed by atoms with Crippen LogP contribution in [0.2, 0.25) is 0 Å². The molecule has 0 bridgehead atoms. The molecule has 0 spiro atoms. The lowest BCUT2D eigenvalue weighted by Crippen LogP contribution is -2.12. The van der Waals surface area contributed by atoms with Gasteiger partial charge in [-0.1, -0.05) is 6.92 Å². The van der Waals surface area contributed by atoms with Crippen molar-refractivity contribution in [3.05, 3.63) is 63.9 Å². The predicted molar refractivity (Wildman–Crippen MR) is 120 cm³/mol. The van der Waals surface area contributed by atoms with Crippen molar-refractivity contribution in [3.8, 4) is 5.75 Å². The molecule has 2 N–H and O–H groups in total. The van der Waals surface area contributed by atoms with Crippen molar-refractivity contribution in [2.75, 3.05) is 10.6 Å². The highest BCUT2D eigenvalue weighted by atomic mass is 127. The molecule has 3 aromatic rings. The number of halogens is 4. The van der Waals surface area contributed by atoms with Crippen molar-refractivity contribution in [2.45, 2.75) is 32.5 Å². The van der Waals surface area contributed by atoms with Gasteiger partial charge in [-0.15, -0.1) is 0 Å². The molecule has 0 aliphatic rings. The summed E-state index contributed by atoms with van der Waals surface area (Å²) >= 11 is 2.12. The lowest BCUT2D eigenvalue weighted by Gasteiger charge is -2.15. The largest absolute Gasteiger partial charge is 0.491 e. The molecule has 0 aliphatic carbocycles. The van der Waals surface area contributed by atoms with Crippen molar-refractivity contribution >= 4 is 45.7 Å². The Hall–Kier alpha value is -2.56. The van der Waals surface area contributed by atoms with Crippen LogP contribution in [0.15, 0.2) is 54.7 Å². The van der Waals surface area contributed by atoms with E-state index in [1.807, 2.05) is 13.8 Å². The topological polar surface area (TPSA) is 59.1 Å². The number of alkyl halides is 3. The van der Waals surface area contributed by atoms with Gasteiger partial charge in [0.05, 0.1) is 6.10 Å². The number of hydrogen-bond donors (Lipinski definition) is 2. The summed E-state index contributed by atoms with van der Waals surface area (Å²) < 4.78 is 46.9. The van der Waals surface area contributed by atoms with Crippen LogP contribution >= 0.6 is 22.6 Å². The maximum atomic E-state index is 13.4. The van der Waals surface area contributed by atoms with Gasteiger partial charge in [0.15, 0.2) is 0 Å². The fraction of sp³-hybridized carbons (Fsp3) is 0.238. The van der Waals surface area contributed by atoms with Crippen LogP contribution < -0.4 is 15.4 Å². The van der Waals surface area contributed by atoms with Crippen molar-refractivity contribution in [1.29, 1.82) is 0 Å². The summed E-state index contributed by atoms with van der Waals surface area (Å²) in [4.78, 5) is 7.88. The first kappa shape index (κ1) is 22.1. The normalized spacial score (nSPS) is 12.3. The molecule has 9 heteroatoms. The second-order valence-electron chi connectivity index (χ2n) is 6.57. The van der Waals surface area contributed by atoms with E-state index < -0.39 is 11.7 Å². The Kier molecular flexibility index (Phi) is 7.01. The first-order valence-electron chi connectivity index (χ1n) is 9.25. The van der Waals surface area contributed by atoms with Crippen LogP contribution in [0.5, 0.6) is 5.75 Å². The lowest BCUT2D eigenvalue weighted by atomic mass is 10.2. The van der Waals surface area contributed by atoms with E-state index in [1.165, 1.54) is 0 Å². The summed E-state index contributed by atoms with van der Waals surface area (Å²) in [5.41, 5.74) is 0.187.